The molecule has 0 saturated carbocycles. The Morgan fingerprint density at radius 1 is 1.04 bits per heavy atom. The summed E-state index contributed by atoms with van der Waals surface area (Å²) in [7, 11) is 0. The molecule has 0 spiro atoms. The van der Waals surface area contributed by atoms with Crippen LogP contribution in [0.4, 0.5) is 5.69 Å². The van der Waals surface area contributed by atoms with Crippen LogP contribution in [-0.2, 0) is 9.59 Å². The molecule has 0 bridgehead atoms. The third kappa shape index (κ3) is 3.76. The van der Waals surface area contributed by atoms with Gasteiger partial charge in [0.05, 0.1) is 5.92 Å². The number of benzene rings is 1. The van der Waals surface area contributed by atoms with Crippen LogP contribution in [0.25, 0.3) is 0 Å². The topological polar surface area (TPSA) is 64.7 Å². The summed E-state index contributed by atoms with van der Waals surface area (Å²) in [5.74, 6) is -0.522. The first-order chi connectivity index (χ1) is 12.7. The molecule has 2 N–H and O–H groups in total. The molecule has 4 rings (SSSR count). The summed E-state index contributed by atoms with van der Waals surface area (Å²) in [6.07, 6.45) is 3.61. The zero-order valence-electron chi connectivity index (χ0n) is 15.2. The molecule has 2 amide bonds. The van der Waals surface area contributed by atoms with Gasteiger partial charge in [-0.25, -0.2) is 0 Å². The Labute approximate surface area is 154 Å². The lowest BCUT2D eigenvalue weighted by atomic mass is 9.90. The Morgan fingerprint density at radius 2 is 1.88 bits per heavy atom. The second-order valence-electron chi connectivity index (χ2n) is 7.62. The van der Waals surface area contributed by atoms with Gasteiger partial charge in [0.1, 0.15) is 0 Å². The van der Waals surface area contributed by atoms with Gasteiger partial charge in [0.15, 0.2) is 0 Å². The number of amides is 2. The van der Waals surface area contributed by atoms with Crippen molar-refractivity contribution in [2.75, 3.05) is 44.2 Å². The van der Waals surface area contributed by atoms with E-state index in [1.54, 1.807) is 0 Å². The summed E-state index contributed by atoms with van der Waals surface area (Å²) >= 11 is 0. The molecule has 0 aliphatic carbocycles. The number of hydrogen-bond donors (Lipinski definition) is 2. The van der Waals surface area contributed by atoms with Crippen LogP contribution in [0, 0.1) is 0 Å². The number of carbonyl (C=O) groups excluding carboxylic acids is 2. The van der Waals surface area contributed by atoms with Gasteiger partial charge in [0.2, 0.25) is 11.8 Å². The van der Waals surface area contributed by atoms with E-state index in [2.05, 4.69) is 32.6 Å². The van der Waals surface area contributed by atoms with Gasteiger partial charge in [-0.1, -0.05) is 12.1 Å². The minimum absolute atomic E-state index is 0.157. The van der Waals surface area contributed by atoms with E-state index in [4.69, 9.17) is 0 Å². The van der Waals surface area contributed by atoms with E-state index in [0.717, 1.165) is 44.8 Å². The fourth-order valence-electron chi connectivity index (χ4n) is 4.44. The van der Waals surface area contributed by atoms with Crippen LogP contribution < -0.4 is 15.5 Å². The number of rotatable bonds is 3. The van der Waals surface area contributed by atoms with E-state index < -0.39 is 0 Å². The molecule has 3 aliphatic heterocycles. The second kappa shape index (κ2) is 7.76. The minimum Gasteiger partial charge on any atom is -0.369 e. The molecule has 1 unspecified atom stereocenters. The van der Waals surface area contributed by atoms with E-state index in [0.29, 0.717) is 18.9 Å². The number of carbonyl (C=O) groups is 2. The lowest BCUT2D eigenvalue weighted by molar-refractivity contribution is -0.134. The first-order valence-corrected chi connectivity index (χ1v) is 9.84. The van der Waals surface area contributed by atoms with Gasteiger partial charge >= 0.3 is 0 Å². The van der Waals surface area contributed by atoms with Crippen molar-refractivity contribution in [3.05, 3.63) is 29.8 Å². The Morgan fingerprint density at radius 3 is 2.62 bits per heavy atom. The first-order valence-electron chi connectivity index (χ1n) is 9.84. The largest absolute Gasteiger partial charge is 0.369 e. The molecule has 3 heterocycles. The summed E-state index contributed by atoms with van der Waals surface area (Å²) in [6.45, 7) is 6.50. The van der Waals surface area contributed by atoms with Crippen LogP contribution in [0.3, 0.4) is 0 Å². The van der Waals surface area contributed by atoms with E-state index >= 15 is 0 Å². The van der Waals surface area contributed by atoms with Gasteiger partial charge in [0.25, 0.3) is 0 Å². The Balaban J connectivity index is 1.39. The van der Waals surface area contributed by atoms with Gasteiger partial charge in [-0.05, 0) is 43.5 Å². The smallest absolute Gasteiger partial charge is 0.234 e. The Kier molecular flexibility index (Phi) is 5.22. The number of anilines is 1. The Bertz CT molecular complexity index is 664. The fraction of sp³-hybridized carbons (Fsp3) is 0.600. The van der Waals surface area contributed by atoms with Gasteiger partial charge in [-0.2, -0.15) is 0 Å². The summed E-state index contributed by atoms with van der Waals surface area (Å²) in [5, 5.41) is 5.97. The molecule has 0 aromatic heterocycles. The van der Waals surface area contributed by atoms with Gasteiger partial charge < -0.3 is 10.2 Å². The zero-order valence-corrected chi connectivity index (χ0v) is 15.2. The van der Waals surface area contributed by atoms with Crippen molar-refractivity contribution in [3.63, 3.8) is 0 Å². The minimum atomic E-state index is -0.206. The number of imide groups is 1. The van der Waals surface area contributed by atoms with Crippen LogP contribution in [0.1, 0.15) is 37.2 Å². The maximum absolute atomic E-state index is 12.2. The molecule has 0 radical (unpaired) electrons. The molecular weight excluding hydrogens is 328 g/mol. The average Bonchev–Trinajstić information content (AvgIpc) is 2.69. The number of nitrogens with zero attached hydrogens (tertiary/aromatic N) is 2. The average molecular weight is 356 g/mol. The number of piperidine rings is 2. The molecule has 140 valence electrons. The van der Waals surface area contributed by atoms with Gasteiger partial charge in [-0.3, -0.25) is 19.8 Å². The van der Waals surface area contributed by atoms with E-state index in [-0.39, 0.29) is 17.7 Å². The maximum Gasteiger partial charge on any atom is 0.234 e. The maximum atomic E-state index is 12.2. The van der Waals surface area contributed by atoms with Crippen molar-refractivity contribution >= 4 is 17.5 Å². The van der Waals surface area contributed by atoms with Crippen molar-refractivity contribution < 1.29 is 9.59 Å². The molecule has 3 saturated heterocycles. The van der Waals surface area contributed by atoms with Crippen LogP contribution >= 0.6 is 0 Å². The lowest BCUT2D eigenvalue weighted by Crippen LogP contribution is -2.54. The lowest BCUT2D eigenvalue weighted by Gasteiger charge is -2.41. The molecule has 26 heavy (non-hydrogen) atoms. The van der Waals surface area contributed by atoms with Crippen LogP contribution in [-0.4, -0.2) is 62.0 Å². The molecule has 6 nitrogen and oxygen atoms in total. The fourth-order valence-corrected chi connectivity index (χ4v) is 4.44. The number of hydrogen-bond acceptors (Lipinski definition) is 5. The summed E-state index contributed by atoms with van der Waals surface area (Å²) in [4.78, 5) is 28.6. The quantitative estimate of drug-likeness (QED) is 0.794. The monoisotopic (exact) mass is 356 g/mol. The van der Waals surface area contributed by atoms with Crippen LogP contribution in [0.15, 0.2) is 24.3 Å². The molecule has 3 fully saturated rings. The molecule has 1 aromatic carbocycles. The first kappa shape index (κ1) is 17.5. The summed E-state index contributed by atoms with van der Waals surface area (Å²) in [5.41, 5.74) is 2.21. The number of piperazine rings is 1. The highest BCUT2D eigenvalue weighted by molar-refractivity contribution is 6.01. The molecule has 1 aromatic rings. The van der Waals surface area contributed by atoms with Gasteiger partial charge in [-0.15, -0.1) is 0 Å². The normalized spacial score (nSPS) is 28.1. The van der Waals surface area contributed by atoms with Crippen molar-refractivity contribution in [2.24, 2.45) is 0 Å². The molecule has 6 heteroatoms. The van der Waals surface area contributed by atoms with Crippen LogP contribution in [0.5, 0.6) is 0 Å². The second-order valence-corrected chi connectivity index (χ2v) is 7.62. The van der Waals surface area contributed by atoms with Crippen molar-refractivity contribution in [1.29, 1.82) is 0 Å². The predicted molar refractivity (Wildman–Crippen MR) is 101 cm³/mol. The van der Waals surface area contributed by atoms with Crippen molar-refractivity contribution in [1.82, 2.24) is 15.5 Å². The highest BCUT2D eigenvalue weighted by Gasteiger charge is 2.29. The van der Waals surface area contributed by atoms with E-state index in [9.17, 15) is 9.59 Å². The summed E-state index contributed by atoms with van der Waals surface area (Å²) in [6, 6.07) is 8.99. The predicted octanol–water partition coefficient (Wildman–Crippen LogP) is 1.08. The molecule has 3 aliphatic rings. The third-order valence-electron chi connectivity index (χ3n) is 5.98. The Hall–Kier alpha value is -1.92. The summed E-state index contributed by atoms with van der Waals surface area (Å²) < 4.78 is 0. The van der Waals surface area contributed by atoms with E-state index in [1.165, 1.54) is 18.5 Å². The highest BCUT2D eigenvalue weighted by atomic mass is 16.2. The number of nitrogens with one attached hydrogen (secondary N) is 2. The van der Waals surface area contributed by atoms with Gasteiger partial charge in [0, 0.05) is 50.9 Å². The van der Waals surface area contributed by atoms with Crippen LogP contribution in [0.2, 0.25) is 0 Å². The third-order valence-corrected chi connectivity index (χ3v) is 5.98. The van der Waals surface area contributed by atoms with Crippen molar-refractivity contribution in [2.45, 2.75) is 37.6 Å². The molecular formula is C20H28N4O2. The molecule has 2 atom stereocenters. The SMILES string of the molecule is O=C1CCC(c2cccc(N3CCN([C@H]4CCCNC4)CC3)c2)C(=O)N1. The highest BCUT2D eigenvalue weighted by Crippen LogP contribution is 2.28. The zero-order chi connectivity index (χ0) is 17.9. The standard InChI is InChI=1S/C20H28N4O2/c25-19-7-6-18(20(26)22-19)15-3-1-4-16(13-15)23-9-11-24(12-10-23)17-5-2-8-21-14-17/h1,3-4,13,17-18,21H,2,5-12,14H2,(H,22,25,26)/t17-,18?/m0/s1. The van der Waals surface area contributed by atoms with E-state index in [1.807, 2.05) is 12.1 Å². The van der Waals surface area contributed by atoms with Crippen molar-refractivity contribution in [3.8, 4) is 0 Å².